The Bertz CT molecular complexity index is 807. The predicted octanol–water partition coefficient (Wildman–Crippen LogP) is 7.15. The largest absolute Gasteiger partial charge is 0.0622 e. The van der Waals surface area contributed by atoms with Crippen molar-refractivity contribution in [1.29, 1.82) is 0 Å². The van der Waals surface area contributed by atoms with Crippen molar-refractivity contribution in [3.63, 3.8) is 0 Å². The lowest BCUT2D eigenvalue weighted by Gasteiger charge is -2.11. The summed E-state index contributed by atoms with van der Waals surface area (Å²) in [5, 5.41) is 0. The molecule has 0 heterocycles. The van der Waals surface area contributed by atoms with Gasteiger partial charge >= 0.3 is 0 Å². The Labute approximate surface area is 157 Å². The van der Waals surface area contributed by atoms with Gasteiger partial charge in [-0.3, -0.25) is 0 Å². The Hall–Kier alpha value is -2.86. The lowest BCUT2D eigenvalue weighted by atomic mass is 9.94. The minimum atomic E-state index is 1.03. The Morgan fingerprint density at radius 1 is 0.538 bits per heavy atom. The second-order valence-electron chi connectivity index (χ2n) is 6.44. The summed E-state index contributed by atoms with van der Waals surface area (Å²) in [4.78, 5) is 0. The van der Waals surface area contributed by atoms with Crippen LogP contribution in [0, 0.1) is 0 Å². The number of hydrogen-bond donors (Lipinski definition) is 0. The highest BCUT2D eigenvalue weighted by atomic mass is 14.1. The summed E-state index contributed by atoms with van der Waals surface area (Å²) in [6.45, 7) is 4.46. The summed E-state index contributed by atoms with van der Waals surface area (Å²) in [5.41, 5.74) is 7.90. The zero-order valence-electron chi connectivity index (χ0n) is 15.7. The molecule has 130 valence electrons. The molecule has 0 bridgehead atoms. The van der Waals surface area contributed by atoms with Crippen LogP contribution in [0.1, 0.15) is 47.2 Å². The van der Waals surface area contributed by atoms with E-state index in [2.05, 4.69) is 111 Å². The van der Waals surface area contributed by atoms with E-state index >= 15 is 0 Å². The molecule has 0 heteroatoms. The van der Waals surface area contributed by atoms with Gasteiger partial charge in [0.15, 0.2) is 0 Å². The maximum absolute atomic E-state index is 2.35. The van der Waals surface area contributed by atoms with Gasteiger partial charge in [0.1, 0.15) is 0 Å². The molecule has 3 aromatic carbocycles. The van der Waals surface area contributed by atoms with E-state index in [9.17, 15) is 0 Å². The number of aryl methyl sites for hydroxylation is 2. The fourth-order valence-electron chi connectivity index (χ4n) is 3.15. The topological polar surface area (TPSA) is 0 Å². The van der Waals surface area contributed by atoms with Crippen molar-refractivity contribution in [3.05, 3.63) is 106 Å². The SMILES string of the molecule is CCc1cc(C=Cc2ccccc2)c(CC)cc1C=Cc1ccccc1. The van der Waals surface area contributed by atoms with Gasteiger partial charge in [-0.05, 0) is 46.2 Å². The van der Waals surface area contributed by atoms with E-state index in [4.69, 9.17) is 0 Å². The van der Waals surface area contributed by atoms with E-state index in [0.717, 1.165) is 12.8 Å². The molecule has 0 nitrogen and oxygen atoms in total. The van der Waals surface area contributed by atoms with Crippen LogP contribution < -0.4 is 0 Å². The third kappa shape index (κ3) is 4.61. The lowest BCUT2D eigenvalue weighted by Crippen LogP contribution is -1.94. The highest BCUT2D eigenvalue weighted by molar-refractivity contribution is 5.76. The van der Waals surface area contributed by atoms with Gasteiger partial charge in [0.2, 0.25) is 0 Å². The van der Waals surface area contributed by atoms with Gasteiger partial charge in [-0.25, -0.2) is 0 Å². The van der Waals surface area contributed by atoms with Crippen molar-refractivity contribution in [3.8, 4) is 0 Å². The molecule has 0 atom stereocenters. The van der Waals surface area contributed by atoms with Gasteiger partial charge in [-0.1, -0.05) is 111 Å². The highest BCUT2D eigenvalue weighted by Gasteiger charge is 2.05. The van der Waals surface area contributed by atoms with Crippen LogP contribution in [0.2, 0.25) is 0 Å². The molecule has 0 aromatic heterocycles. The van der Waals surface area contributed by atoms with Crippen molar-refractivity contribution >= 4 is 24.3 Å². The zero-order valence-corrected chi connectivity index (χ0v) is 15.7. The molecule has 0 spiro atoms. The molecule has 0 saturated heterocycles. The molecule has 0 amide bonds. The van der Waals surface area contributed by atoms with Gasteiger partial charge in [0.05, 0.1) is 0 Å². The molecule has 0 N–H and O–H groups in total. The molecule has 0 radical (unpaired) electrons. The van der Waals surface area contributed by atoms with Gasteiger partial charge in [0, 0.05) is 0 Å². The van der Waals surface area contributed by atoms with Crippen LogP contribution in [0.5, 0.6) is 0 Å². The molecule has 0 aliphatic rings. The van der Waals surface area contributed by atoms with E-state index in [1.54, 1.807) is 0 Å². The van der Waals surface area contributed by atoms with E-state index in [1.807, 2.05) is 0 Å². The number of benzene rings is 3. The van der Waals surface area contributed by atoms with Crippen LogP contribution in [0.15, 0.2) is 72.8 Å². The summed E-state index contributed by atoms with van der Waals surface area (Å²) < 4.78 is 0. The summed E-state index contributed by atoms with van der Waals surface area (Å²) in [6.07, 6.45) is 11.0. The fourth-order valence-corrected chi connectivity index (χ4v) is 3.15. The van der Waals surface area contributed by atoms with Gasteiger partial charge in [0.25, 0.3) is 0 Å². The summed E-state index contributed by atoms with van der Waals surface area (Å²) >= 11 is 0. The van der Waals surface area contributed by atoms with E-state index in [1.165, 1.54) is 33.4 Å². The third-order valence-corrected chi connectivity index (χ3v) is 4.67. The molecule has 0 unspecified atom stereocenters. The first-order chi connectivity index (χ1) is 12.8. The molecule has 3 aromatic rings. The first-order valence-electron chi connectivity index (χ1n) is 9.42. The van der Waals surface area contributed by atoms with Crippen LogP contribution >= 0.6 is 0 Å². The predicted molar refractivity (Wildman–Crippen MR) is 116 cm³/mol. The molecule has 26 heavy (non-hydrogen) atoms. The monoisotopic (exact) mass is 338 g/mol. The van der Waals surface area contributed by atoms with Crippen molar-refractivity contribution in [2.75, 3.05) is 0 Å². The van der Waals surface area contributed by atoms with E-state index in [-0.39, 0.29) is 0 Å². The quantitative estimate of drug-likeness (QED) is 0.418. The second-order valence-corrected chi connectivity index (χ2v) is 6.44. The Kier molecular flexibility index (Phi) is 6.22. The Morgan fingerprint density at radius 2 is 0.923 bits per heavy atom. The van der Waals surface area contributed by atoms with E-state index < -0.39 is 0 Å². The van der Waals surface area contributed by atoms with E-state index in [0.29, 0.717) is 0 Å². The van der Waals surface area contributed by atoms with Crippen LogP contribution in [-0.4, -0.2) is 0 Å². The first-order valence-corrected chi connectivity index (χ1v) is 9.42. The summed E-state index contributed by atoms with van der Waals surface area (Å²) in [7, 11) is 0. The molecule has 0 aliphatic heterocycles. The van der Waals surface area contributed by atoms with Crippen molar-refractivity contribution in [2.45, 2.75) is 26.7 Å². The number of hydrogen-bond acceptors (Lipinski definition) is 0. The lowest BCUT2D eigenvalue weighted by molar-refractivity contribution is 1.09. The second kappa shape index (κ2) is 9.01. The first kappa shape index (κ1) is 17.9. The van der Waals surface area contributed by atoms with Gasteiger partial charge in [-0.2, -0.15) is 0 Å². The minimum Gasteiger partial charge on any atom is -0.0622 e. The van der Waals surface area contributed by atoms with Crippen molar-refractivity contribution in [1.82, 2.24) is 0 Å². The maximum atomic E-state index is 2.35. The molecule has 3 rings (SSSR count). The van der Waals surface area contributed by atoms with Gasteiger partial charge in [-0.15, -0.1) is 0 Å². The molecule has 0 fully saturated rings. The summed E-state index contributed by atoms with van der Waals surface area (Å²) in [5.74, 6) is 0. The van der Waals surface area contributed by atoms with Crippen LogP contribution in [-0.2, 0) is 12.8 Å². The fraction of sp³-hybridized carbons (Fsp3) is 0.154. The Balaban J connectivity index is 1.93. The standard InChI is InChI=1S/C26H26/c1-3-23-19-26(18-16-22-13-9-6-10-14-22)24(4-2)20-25(23)17-15-21-11-7-5-8-12-21/h5-20H,3-4H2,1-2H3. The normalized spacial score (nSPS) is 11.5. The van der Waals surface area contributed by atoms with Crippen LogP contribution in [0.4, 0.5) is 0 Å². The smallest absolute Gasteiger partial charge is 0.0221 e. The van der Waals surface area contributed by atoms with Crippen LogP contribution in [0.25, 0.3) is 24.3 Å². The van der Waals surface area contributed by atoms with Crippen LogP contribution in [0.3, 0.4) is 0 Å². The number of rotatable bonds is 6. The Morgan fingerprint density at radius 3 is 1.27 bits per heavy atom. The molecular formula is C26H26. The molecule has 0 saturated carbocycles. The average molecular weight is 338 g/mol. The average Bonchev–Trinajstić information content (AvgIpc) is 2.72. The van der Waals surface area contributed by atoms with Crippen molar-refractivity contribution < 1.29 is 0 Å². The minimum absolute atomic E-state index is 1.03. The third-order valence-electron chi connectivity index (χ3n) is 4.67. The zero-order chi connectivity index (χ0) is 18.2. The highest BCUT2D eigenvalue weighted by Crippen LogP contribution is 2.23. The molecular weight excluding hydrogens is 312 g/mol. The summed E-state index contributed by atoms with van der Waals surface area (Å²) in [6, 6.07) is 25.7. The maximum Gasteiger partial charge on any atom is -0.0221 e. The van der Waals surface area contributed by atoms with Gasteiger partial charge < -0.3 is 0 Å². The van der Waals surface area contributed by atoms with Crippen molar-refractivity contribution in [2.24, 2.45) is 0 Å². The molecule has 0 aliphatic carbocycles.